The van der Waals surface area contributed by atoms with Crippen molar-refractivity contribution in [2.24, 2.45) is 5.73 Å². The van der Waals surface area contributed by atoms with Gasteiger partial charge in [0.05, 0.1) is 24.4 Å². The molecule has 0 unspecified atom stereocenters. The zero-order valence-electron chi connectivity index (χ0n) is 18.7. The lowest BCUT2D eigenvalue weighted by Crippen LogP contribution is -2.45. The largest absolute Gasteiger partial charge is 0.489 e. The van der Waals surface area contributed by atoms with Crippen LogP contribution < -0.4 is 21.5 Å². The zero-order valence-corrected chi connectivity index (χ0v) is 19.6. The Morgan fingerprint density at radius 1 is 1.27 bits per heavy atom. The standard InChI is InChI=1S/C24H29N5O3S/c1-13(2)32-21-10-9-14(11-18(21)25)23-28-29-24(33-23)17-7-3-6-16-15(17)5-4-8-20(16)27-22(31)19(26)12-30/h3,6-7,9-11,13,19-20,30H,4-5,8,12,25-26H2,1-2H3,(H,27,31)/t19-,20+/m0/s1. The van der Waals surface area contributed by atoms with Gasteiger partial charge in [0, 0.05) is 11.1 Å². The average molecular weight is 468 g/mol. The summed E-state index contributed by atoms with van der Waals surface area (Å²) in [7, 11) is 0. The molecule has 174 valence electrons. The van der Waals surface area contributed by atoms with Crippen LogP contribution in [0.2, 0.25) is 0 Å². The number of nitrogen functional groups attached to an aromatic ring is 1. The highest BCUT2D eigenvalue weighted by Gasteiger charge is 2.26. The molecule has 1 aliphatic rings. The van der Waals surface area contributed by atoms with Gasteiger partial charge < -0.3 is 26.6 Å². The van der Waals surface area contributed by atoms with E-state index in [4.69, 9.17) is 16.2 Å². The van der Waals surface area contributed by atoms with Gasteiger partial charge >= 0.3 is 0 Å². The molecule has 1 heterocycles. The van der Waals surface area contributed by atoms with Crippen LogP contribution in [0.3, 0.4) is 0 Å². The summed E-state index contributed by atoms with van der Waals surface area (Å²) in [6.07, 6.45) is 2.70. The minimum atomic E-state index is -0.922. The van der Waals surface area contributed by atoms with Gasteiger partial charge in [0.1, 0.15) is 21.8 Å². The first-order chi connectivity index (χ1) is 15.9. The summed E-state index contributed by atoms with van der Waals surface area (Å²) in [6.45, 7) is 3.54. The first kappa shape index (κ1) is 23.2. The SMILES string of the molecule is CC(C)Oc1ccc(-c2nnc(-c3cccc4c3CCC[C@H]4NC(=O)[C@@H](N)CO)s2)cc1N. The van der Waals surface area contributed by atoms with E-state index in [2.05, 4.69) is 15.5 Å². The average Bonchev–Trinajstić information content (AvgIpc) is 3.29. The van der Waals surface area contributed by atoms with Gasteiger partial charge in [-0.3, -0.25) is 4.79 Å². The molecule has 3 aromatic rings. The van der Waals surface area contributed by atoms with Crippen LogP contribution in [0.1, 0.15) is 43.9 Å². The molecule has 2 atom stereocenters. The van der Waals surface area contributed by atoms with Crippen LogP contribution in [0.25, 0.3) is 21.1 Å². The van der Waals surface area contributed by atoms with Gasteiger partial charge in [-0.15, -0.1) is 10.2 Å². The fourth-order valence-corrected chi connectivity index (χ4v) is 4.94. The minimum Gasteiger partial charge on any atom is -0.489 e. The smallest absolute Gasteiger partial charge is 0.239 e. The van der Waals surface area contributed by atoms with E-state index >= 15 is 0 Å². The first-order valence-electron chi connectivity index (χ1n) is 11.1. The van der Waals surface area contributed by atoms with Crippen molar-refractivity contribution in [2.75, 3.05) is 12.3 Å². The number of aliphatic hydroxyl groups excluding tert-OH is 1. The van der Waals surface area contributed by atoms with E-state index in [0.717, 1.165) is 51.5 Å². The summed E-state index contributed by atoms with van der Waals surface area (Å²) >= 11 is 1.51. The molecule has 2 aromatic carbocycles. The molecule has 6 N–H and O–H groups in total. The topological polar surface area (TPSA) is 136 Å². The van der Waals surface area contributed by atoms with Crippen LogP contribution >= 0.6 is 11.3 Å². The van der Waals surface area contributed by atoms with Crippen molar-refractivity contribution < 1.29 is 14.6 Å². The quantitative estimate of drug-likeness (QED) is 0.392. The van der Waals surface area contributed by atoms with Gasteiger partial charge in [-0.25, -0.2) is 0 Å². The van der Waals surface area contributed by atoms with E-state index in [1.807, 2.05) is 50.2 Å². The van der Waals surface area contributed by atoms with Crippen LogP contribution in [-0.2, 0) is 11.2 Å². The number of nitrogens with one attached hydrogen (secondary N) is 1. The van der Waals surface area contributed by atoms with Crippen molar-refractivity contribution in [3.05, 3.63) is 47.5 Å². The normalized spacial score (nSPS) is 16.3. The molecule has 8 nitrogen and oxygen atoms in total. The fourth-order valence-electron chi connectivity index (χ4n) is 4.05. The number of anilines is 1. The lowest BCUT2D eigenvalue weighted by Gasteiger charge is -2.28. The molecule has 4 rings (SSSR count). The second-order valence-corrected chi connectivity index (χ2v) is 9.42. The molecular weight excluding hydrogens is 438 g/mol. The number of nitrogens with zero attached hydrogens (tertiary/aromatic N) is 2. The molecule has 0 saturated heterocycles. The van der Waals surface area contributed by atoms with E-state index in [-0.39, 0.29) is 24.7 Å². The number of rotatable bonds is 7. The summed E-state index contributed by atoms with van der Waals surface area (Å²) in [5.41, 5.74) is 16.6. The molecule has 1 aliphatic carbocycles. The van der Waals surface area contributed by atoms with Crippen molar-refractivity contribution in [3.63, 3.8) is 0 Å². The maximum absolute atomic E-state index is 12.2. The zero-order chi connectivity index (χ0) is 23.5. The predicted octanol–water partition coefficient (Wildman–Crippen LogP) is 3.05. The lowest BCUT2D eigenvalue weighted by atomic mass is 9.85. The van der Waals surface area contributed by atoms with Gasteiger partial charge in [0.15, 0.2) is 0 Å². The maximum atomic E-state index is 12.2. The van der Waals surface area contributed by atoms with Crippen molar-refractivity contribution in [1.82, 2.24) is 15.5 Å². The molecular formula is C24H29N5O3S. The van der Waals surface area contributed by atoms with Crippen molar-refractivity contribution >= 4 is 22.9 Å². The number of aliphatic hydroxyl groups is 1. The number of ether oxygens (including phenoxy) is 1. The third-order valence-corrected chi connectivity index (χ3v) is 6.64. The number of aromatic nitrogens is 2. The Hall–Kier alpha value is -3.01. The molecule has 0 aliphatic heterocycles. The van der Waals surface area contributed by atoms with Crippen molar-refractivity contribution in [2.45, 2.75) is 51.3 Å². The molecule has 0 saturated carbocycles. The Balaban J connectivity index is 1.61. The monoisotopic (exact) mass is 467 g/mol. The maximum Gasteiger partial charge on any atom is 0.239 e. The van der Waals surface area contributed by atoms with E-state index in [9.17, 15) is 9.90 Å². The second-order valence-electron chi connectivity index (χ2n) is 8.45. The number of nitrogens with two attached hydrogens (primary N) is 2. The Morgan fingerprint density at radius 2 is 2.06 bits per heavy atom. The molecule has 1 aromatic heterocycles. The van der Waals surface area contributed by atoms with Gasteiger partial charge in [-0.2, -0.15) is 0 Å². The summed E-state index contributed by atoms with van der Waals surface area (Å²) in [5.74, 6) is 0.311. The summed E-state index contributed by atoms with van der Waals surface area (Å²) in [6, 6.07) is 10.6. The molecule has 9 heteroatoms. The minimum absolute atomic E-state index is 0.0449. The van der Waals surface area contributed by atoms with Crippen molar-refractivity contribution in [1.29, 1.82) is 0 Å². The van der Waals surface area contributed by atoms with Gasteiger partial charge in [0.25, 0.3) is 0 Å². The second kappa shape index (κ2) is 9.86. The van der Waals surface area contributed by atoms with E-state index < -0.39 is 6.04 Å². The van der Waals surface area contributed by atoms with Gasteiger partial charge in [-0.05, 0) is 62.4 Å². The van der Waals surface area contributed by atoms with Crippen LogP contribution in [0, 0.1) is 0 Å². The highest BCUT2D eigenvalue weighted by molar-refractivity contribution is 7.17. The predicted molar refractivity (Wildman–Crippen MR) is 130 cm³/mol. The highest BCUT2D eigenvalue weighted by atomic mass is 32.1. The van der Waals surface area contributed by atoms with Crippen LogP contribution in [-0.4, -0.2) is 40.0 Å². The fraction of sp³-hybridized carbons (Fsp3) is 0.375. The third kappa shape index (κ3) is 5.00. The number of amides is 1. The Kier molecular flexibility index (Phi) is 6.92. The molecule has 0 fully saturated rings. The third-order valence-electron chi connectivity index (χ3n) is 5.63. The Bertz CT molecular complexity index is 1150. The number of carbonyl (C=O) groups is 1. The molecule has 1 amide bonds. The summed E-state index contributed by atoms with van der Waals surface area (Å²) in [4.78, 5) is 12.2. The highest BCUT2D eigenvalue weighted by Crippen LogP contribution is 2.39. The first-order valence-corrected chi connectivity index (χ1v) is 11.9. The van der Waals surface area contributed by atoms with Gasteiger partial charge in [0.2, 0.25) is 5.91 Å². The van der Waals surface area contributed by atoms with Crippen LogP contribution in [0.5, 0.6) is 5.75 Å². The summed E-state index contributed by atoms with van der Waals surface area (Å²) < 4.78 is 5.72. The molecule has 33 heavy (non-hydrogen) atoms. The van der Waals surface area contributed by atoms with E-state index in [1.165, 1.54) is 11.3 Å². The Morgan fingerprint density at radius 3 is 2.79 bits per heavy atom. The van der Waals surface area contributed by atoms with Crippen molar-refractivity contribution in [3.8, 4) is 26.9 Å². The number of hydrogen-bond donors (Lipinski definition) is 4. The number of carbonyl (C=O) groups excluding carboxylic acids is 1. The number of benzene rings is 2. The van der Waals surface area contributed by atoms with Crippen LogP contribution in [0.4, 0.5) is 5.69 Å². The molecule has 0 spiro atoms. The lowest BCUT2D eigenvalue weighted by molar-refractivity contribution is -0.124. The number of hydrogen-bond acceptors (Lipinski definition) is 8. The van der Waals surface area contributed by atoms with Crippen LogP contribution in [0.15, 0.2) is 36.4 Å². The molecule has 0 bridgehead atoms. The number of fused-ring (bicyclic) bond motifs is 1. The van der Waals surface area contributed by atoms with Gasteiger partial charge in [-0.1, -0.05) is 29.5 Å². The molecule has 0 radical (unpaired) electrons. The van der Waals surface area contributed by atoms with E-state index in [1.54, 1.807) is 0 Å². The van der Waals surface area contributed by atoms with E-state index in [0.29, 0.717) is 11.4 Å². The Labute approximate surface area is 197 Å². The summed E-state index contributed by atoms with van der Waals surface area (Å²) in [5, 5.41) is 22.6.